The topological polar surface area (TPSA) is 141 Å². The maximum absolute atomic E-state index is 12.5. The minimum absolute atomic E-state index is 0.0299. The maximum atomic E-state index is 12.5. The van der Waals surface area contributed by atoms with Gasteiger partial charge in [0, 0.05) is 11.6 Å². The molecule has 2 aromatic rings. The Labute approximate surface area is 144 Å². The van der Waals surface area contributed by atoms with Gasteiger partial charge < -0.3 is 0 Å². The first-order chi connectivity index (χ1) is 12.2. The molecule has 10 heteroatoms. The zero-order chi connectivity index (χ0) is 19.2. The van der Waals surface area contributed by atoms with Crippen molar-refractivity contribution in [3.8, 4) is 0 Å². The van der Waals surface area contributed by atoms with Crippen LogP contribution in [0, 0.1) is 27.2 Å². The van der Waals surface area contributed by atoms with E-state index in [0.717, 1.165) is 11.6 Å². The van der Waals surface area contributed by atoms with E-state index in [1.165, 1.54) is 12.1 Å². The molecule has 0 aromatic heterocycles. The van der Waals surface area contributed by atoms with Gasteiger partial charge in [-0.15, -0.1) is 0 Å². The summed E-state index contributed by atoms with van der Waals surface area (Å²) in [6.45, 7) is 1.78. The average Bonchev–Trinajstić information content (AvgIpc) is 2.85. The summed E-state index contributed by atoms with van der Waals surface area (Å²) in [6, 6.07) is 7.34. The Bertz CT molecular complexity index is 1010. The second-order valence-electron chi connectivity index (χ2n) is 5.52. The summed E-state index contributed by atoms with van der Waals surface area (Å²) in [6.07, 6.45) is 0. The van der Waals surface area contributed by atoms with Gasteiger partial charge in [-0.3, -0.25) is 34.6 Å². The van der Waals surface area contributed by atoms with E-state index in [1.807, 2.05) is 0 Å². The van der Waals surface area contributed by atoms with Crippen LogP contribution in [0.15, 0.2) is 36.4 Å². The Balaban J connectivity index is 2.14. The average molecular weight is 355 g/mol. The van der Waals surface area contributed by atoms with Crippen molar-refractivity contribution in [2.75, 3.05) is 0 Å². The minimum Gasteiger partial charge on any atom is -0.268 e. The molecular weight excluding hydrogens is 346 g/mol. The first kappa shape index (κ1) is 16.9. The Morgan fingerprint density at radius 3 is 2.12 bits per heavy atom. The number of benzene rings is 2. The van der Waals surface area contributed by atoms with Gasteiger partial charge in [-0.25, -0.2) is 4.90 Å². The van der Waals surface area contributed by atoms with Gasteiger partial charge in [-0.2, -0.15) is 0 Å². The zero-order valence-corrected chi connectivity index (χ0v) is 13.2. The number of nitro groups is 2. The van der Waals surface area contributed by atoms with Crippen LogP contribution in [0.5, 0.6) is 0 Å². The van der Waals surface area contributed by atoms with Gasteiger partial charge in [0.05, 0.1) is 21.5 Å². The van der Waals surface area contributed by atoms with Crippen LogP contribution >= 0.6 is 0 Å². The van der Waals surface area contributed by atoms with E-state index in [9.17, 15) is 34.6 Å². The monoisotopic (exact) mass is 355 g/mol. The summed E-state index contributed by atoms with van der Waals surface area (Å²) >= 11 is 0. The van der Waals surface area contributed by atoms with E-state index < -0.39 is 50.1 Å². The van der Waals surface area contributed by atoms with Crippen molar-refractivity contribution in [2.24, 2.45) is 0 Å². The molecule has 26 heavy (non-hydrogen) atoms. The summed E-state index contributed by atoms with van der Waals surface area (Å²) in [7, 11) is 0. The summed E-state index contributed by atoms with van der Waals surface area (Å²) < 4.78 is 0. The van der Waals surface area contributed by atoms with Crippen LogP contribution in [0.25, 0.3) is 0 Å². The smallest absolute Gasteiger partial charge is 0.268 e. The first-order valence-electron chi connectivity index (χ1n) is 7.19. The largest absolute Gasteiger partial charge is 0.289 e. The Morgan fingerprint density at radius 2 is 1.58 bits per heavy atom. The molecule has 0 spiro atoms. The highest BCUT2D eigenvalue weighted by Crippen LogP contribution is 2.35. The number of fused-ring (bicyclic) bond motifs is 1. The van der Waals surface area contributed by atoms with E-state index in [1.54, 1.807) is 19.1 Å². The Morgan fingerprint density at radius 1 is 0.962 bits per heavy atom. The van der Waals surface area contributed by atoms with Gasteiger partial charge >= 0.3 is 0 Å². The molecule has 0 saturated heterocycles. The number of amides is 3. The lowest BCUT2D eigenvalue weighted by molar-refractivity contribution is -0.394. The lowest BCUT2D eigenvalue weighted by Gasteiger charge is -2.11. The highest BCUT2D eigenvalue weighted by Gasteiger charge is 2.46. The minimum atomic E-state index is -1.18. The molecule has 0 bridgehead atoms. The Hall–Kier alpha value is -3.95. The number of non-ortho nitro benzene ring substituents is 1. The molecule has 10 nitrogen and oxygen atoms in total. The maximum Gasteiger partial charge on any atom is 0.289 e. The summed E-state index contributed by atoms with van der Waals surface area (Å²) in [5, 5.41) is 22.1. The van der Waals surface area contributed by atoms with Crippen molar-refractivity contribution in [1.29, 1.82) is 0 Å². The molecule has 0 radical (unpaired) electrons. The van der Waals surface area contributed by atoms with Crippen LogP contribution in [0.4, 0.5) is 11.4 Å². The molecule has 0 N–H and O–H groups in total. The van der Waals surface area contributed by atoms with Crippen LogP contribution in [-0.2, 0) is 0 Å². The van der Waals surface area contributed by atoms with Crippen LogP contribution in [0.1, 0.15) is 36.6 Å². The van der Waals surface area contributed by atoms with Gasteiger partial charge in [0.1, 0.15) is 5.56 Å². The van der Waals surface area contributed by atoms with Crippen molar-refractivity contribution in [2.45, 2.75) is 6.92 Å². The lowest BCUT2D eigenvalue weighted by atomic mass is 10.1. The second kappa shape index (κ2) is 5.84. The summed E-state index contributed by atoms with van der Waals surface area (Å²) in [5.41, 5.74) is -1.92. The van der Waals surface area contributed by atoms with E-state index in [0.29, 0.717) is 6.07 Å². The van der Waals surface area contributed by atoms with Crippen LogP contribution in [0.3, 0.4) is 0 Å². The molecule has 2 aromatic carbocycles. The molecule has 3 rings (SSSR count). The van der Waals surface area contributed by atoms with Crippen molar-refractivity contribution in [1.82, 2.24) is 4.90 Å². The number of nitro benzene ring substituents is 2. The third-order valence-corrected chi connectivity index (χ3v) is 3.86. The predicted octanol–water partition coefficient (Wildman–Crippen LogP) is 2.25. The lowest BCUT2D eigenvalue weighted by Crippen LogP contribution is -2.36. The first-order valence-corrected chi connectivity index (χ1v) is 7.19. The number of imide groups is 3. The highest BCUT2D eigenvalue weighted by atomic mass is 16.6. The molecule has 0 atom stereocenters. The number of carbonyl (C=O) groups excluding carboxylic acids is 3. The van der Waals surface area contributed by atoms with Crippen molar-refractivity contribution in [3.63, 3.8) is 0 Å². The van der Waals surface area contributed by atoms with Gasteiger partial charge in [-0.05, 0) is 19.1 Å². The van der Waals surface area contributed by atoms with Crippen LogP contribution < -0.4 is 0 Å². The number of rotatable bonds is 3. The summed E-state index contributed by atoms with van der Waals surface area (Å²) in [4.78, 5) is 58.0. The SMILES string of the molecule is Cc1ccc(C(=O)N2C(=O)c3cc([N+](=O)[O-])cc([N+](=O)[O-])c3C2=O)cc1. The molecule has 0 fully saturated rings. The molecule has 1 aliphatic heterocycles. The van der Waals surface area contributed by atoms with Crippen molar-refractivity contribution >= 4 is 29.1 Å². The fraction of sp³-hybridized carbons (Fsp3) is 0.0625. The molecular formula is C16H9N3O7. The van der Waals surface area contributed by atoms with E-state index >= 15 is 0 Å². The number of aryl methyl sites for hydroxylation is 1. The fourth-order valence-corrected chi connectivity index (χ4v) is 2.59. The van der Waals surface area contributed by atoms with Crippen molar-refractivity contribution in [3.05, 3.63) is 78.9 Å². The van der Waals surface area contributed by atoms with Gasteiger partial charge in [0.2, 0.25) is 0 Å². The summed E-state index contributed by atoms with van der Waals surface area (Å²) in [5.74, 6) is -3.28. The van der Waals surface area contributed by atoms with E-state index in [4.69, 9.17) is 0 Å². The molecule has 0 saturated carbocycles. The standard InChI is InChI=1S/C16H9N3O7/c1-8-2-4-9(5-3-8)14(20)17-15(21)11-6-10(18(23)24)7-12(19(25)26)13(11)16(17)22/h2-7H,1H3. The predicted molar refractivity (Wildman–Crippen MR) is 85.8 cm³/mol. The van der Waals surface area contributed by atoms with Crippen LogP contribution in [-0.4, -0.2) is 32.5 Å². The molecule has 130 valence electrons. The molecule has 0 unspecified atom stereocenters. The third-order valence-electron chi connectivity index (χ3n) is 3.86. The van der Waals surface area contributed by atoms with Gasteiger partial charge in [-0.1, -0.05) is 17.7 Å². The number of hydrogen-bond donors (Lipinski definition) is 0. The fourth-order valence-electron chi connectivity index (χ4n) is 2.59. The van der Waals surface area contributed by atoms with Gasteiger partial charge in [0.25, 0.3) is 29.1 Å². The number of hydrogen-bond acceptors (Lipinski definition) is 7. The second-order valence-corrected chi connectivity index (χ2v) is 5.52. The van der Waals surface area contributed by atoms with Gasteiger partial charge in [0.15, 0.2) is 0 Å². The molecule has 1 aliphatic rings. The van der Waals surface area contributed by atoms with Crippen LogP contribution in [0.2, 0.25) is 0 Å². The molecule has 1 heterocycles. The van der Waals surface area contributed by atoms with E-state index in [2.05, 4.69) is 0 Å². The van der Waals surface area contributed by atoms with Crippen molar-refractivity contribution < 1.29 is 24.2 Å². The number of carbonyl (C=O) groups is 3. The Kier molecular flexibility index (Phi) is 3.80. The van der Waals surface area contributed by atoms with E-state index in [-0.39, 0.29) is 10.5 Å². The number of nitrogens with zero attached hydrogens (tertiary/aromatic N) is 3. The molecule has 0 aliphatic carbocycles. The third kappa shape index (κ3) is 2.49. The quantitative estimate of drug-likeness (QED) is 0.467. The normalized spacial score (nSPS) is 12.9. The highest BCUT2D eigenvalue weighted by molar-refractivity contribution is 6.32. The zero-order valence-electron chi connectivity index (χ0n) is 13.2. The molecule has 3 amide bonds.